The number of aromatic nitrogens is 2. The van der Waals surface area contributed by atoms with Crippen LogP contribution in [0.4, 0.5) is 18.9 Å². The molecule has 164 valence electrons. The molecular formula is C19H15ClF3N3O4S. The van der Waals surface area contributed by atoms with E-state index < -0.39 is 35.2 Å². The molecule has 31 heavy (non-hydrogen) atoms. The number of carboxylic acids is 1. The van der Waals surface area contributed by atoms with Crippen LogP contribution < -0.4 is 10.9 Å². The maximum Gasteiger partial charge on any atom is 0.416 e. The molecule has 1 amide bonds. The number of carbonyl (C=O) groups excluding carboxylic acids is 1. The second kappa shape index (κ2) is 8.31. The summed E-state index contributed by atoms with van der Waals surface area (Å²) < 4.78 is 40.0. The van der Waals surface area contributed by atoms with E-state index in [-0.39, 0.29) is 38.7 Å². The predicted octanol–water partition coefficient (Wildman–Crippen LogP) is 4.59. The molecule has 2 N–H and O–H groups in total. The van der Waals surface area contributed by atoms with Gasteiger partial charge in [0.1, 0.15) is 16.7 Å². The van der Waals surface area contributed by atoms with Gasteiger partial charge in [-0.2, -0.15) is 13.2 Å². The summed E-state index contributed by atoms with van der Waals surface area (Å²) in [5.74, 6) is -1.89. The molecule has 1 aromatic carbocycles. The van der Waals surface area contributed by atoms with Gasteiger partial charge < -0.3 is 10.4 Å². The Hall–Kier alpha value is -2.92. The van der Waals surface area contributed by atoms with E-state index >= 15 is 0 Å². The Labute approximate surface area is 182 Å². The van der Waals surface area contributed by atoms with E-state index in [0.29, 0.717) is 6.07 Å². The lowest BCUT2D eigenvalue weighted by Crippen LogP contribution is -2.34. The summed E-state index contributed by atoms with van der Waals surface area (Å²) in [5.41, 5.74) is -2.23. The third-order valence-electron chi connectivity index (χ3n) is 4.58. The summed E-state index contributed by atoms with van der Waals surface area (Å²) in [6.45, 7) is 3.06. The number of benzene rings is 1. The highest BCUT2D eigenvalue weighted by Gasteiger charge is 2.31. The van der Waals surface area contributed by atoms with Gasteiger partial charge in [-0.1, -0.05) is 18.5 Å². The van der Waals surface area contributed by atoms with Gasteiger partial charge in [-0.3, -0.25) is 14.2 Å². The van der Waals surface area contributed by atoms with Crippen molar-refractivity contribution in [3.8, 4) is 0 Å². The number of anilines is 1. The Morgan fingerprint density at radius 1 is 1.35 bits per heavy atom. The van der Waals surface area contributed by atoms with Gasteiger partial charge in [0.05, 0.1) is 27.2 Å². The van der Waals surface area contributed by atoms with Crippen LogP contribution in [0.15, 0.2) is 28.4 Å². The molecule has 0 spiro atoms. The first-order chi connectivity index (χ1) is 14.5. The Bertz CT molecular complexity index is 1250. The highest BCUT2D eigenvalue weighted by Crippen LogP contribution is 2.34. The van der Waals surface area contributed by atoms with Crippen LogP contribution in [0.3, 0.4) is 0 Å². The lowest BCUT2D eigenvalue weighted by atomic mass is 10.1. The van der Waals surface area contributed by atoms with Crippen molar-refractivity contribution in [2.45, 2.75) is 32.5 Å². The molecule has 7 nitrogen and oxygen atoms in total. The number of hydrogen-bond donors (Lipinski definition) is 2. The van der Waals surface area contributed by atoms with Crippen molar-refractivity contribution in [3.63, 3.8) is 0 Å². The van der Waals surface area contributed by atoms with Crippen LogP contribution in [0.1, 0.15) is 41.6 Å². The highest BCUT2D eigenvalue weighted by molar-refractivity contribution is 7.17. The van der Waals surface area contributed by atoms with Crippen molar-refractivity contribution in [1.29, 1.82) is 0 Å². The summed E-state index contributed by atoms with van der Waals surface area (Å²) in [4.78, 5) is 41.8. The minimum atomic E-state index is -4.64. The minimum Gasteiger partial charge on any atom is -0.478 e. The van der Waals surface area contributed by atoms with Crippen LogP contribution in [-0.2, 0) is 17.4 Å². The van der Waals surface area contributed by atoms with Crippen LogP contribution in [-0.4, -0.2) is 26.5 Å². The number of amides is 1. The Balaban J connectivity index is 2.05. The predicted molar refractivity (Wildman–Crippen MR) is 110 cm³/mol. The smallest absolute Gasteiger partial charge is 0.416 e. The van der Waals surface area contributed by atoms with E-state index in [0.717, 1.165) is 28.0 Å². The fourth-order valence-corrected chi connectivity index (χ4v) is 4.09. The normalized spacial score (nSPS) is 12.7. The van der Waals surface area contributed by atoms with Crippen LogP contribution in [0.25, 0.3) is 10.2 Å². The van der Waals surface area contributed by atoms with Crippen molar-refractivity contribution in [2.75, 3.05) is 5.32 Å². The average Bonchev–Trinajstić information content (AvgIpc) is 3.12. The third kappa shape index (κ3) is 4.28. The molecule has 3 aromatic rings. The zero-order valence-corrected chi connectivity index (χ0v) is 17.7. The fraction of sp³-hybridized carbons (Fsp3) is 0.263. The number of rotatable bonds is 5. The molecular weight excluding hydrogens is 459 g/mol. The maximum atomic E-state index is 13.1. The minimum absolute atomic E-state index is 0.115. The number of aromatic carboxylic acids is 1. The van der Waals surface area contributed by atoms with Gasteiger partial charge in [-0.15, -0.1) is 11.3 Å². The lowest BCUT2D eigenvalue weighted by molar-refractivity contribution is -0.137. The quantitative estimate of drug-likeness (QED) is 0.564. The van der Waals surface area contributed by atoms with Gasteiger partial charge in [0.2, 0.25) is 5.91 Å². The van der Waals surface area contributed by atoms with Crippen molar-refractivity contribution < 1.29 is 27.9 Å². The van der Waals surface area contributed by atoms with Gasteiger partial charge in [-0.25, -0.2) is 9.78 Å². The topological polar surface area (TPSA) is 101 Å². The second-order valence-corrected chi connectivity index (χ2v) is 7.81. The van der Waals surface area contributed by atoms with Crippen molar-refractivity contribution in [1.82, 2.24) is 9.55 Å². The highest BCUT2D eigenvalue weighted by atomic mass is 35.5. The van der Waals surface area contributed by atoms with Gasteiger partial charge in [0.15, 0.2) is 0 Å². The molecule has 0 aliphatic heterocycles. The van der Waals surface area contributed by atoms with Crippen LogP contribution in [0.5, 0.6) is 0 Å². The van der Waals surface area contributed by atoms with E-state index in [1.165, 1.54) is 12.3 Å². The Kier molecular flexibility index (Phi) is 6.10. The molecule has 1 unspecified atom stereocenters. The van der Waals surface area contributed by atoms with E-state index in [4.69, 9.17) is 11.6 Å². The number of carbonyl (C=O) groups is 2. The molecule has 2 heterocycles. The molecule has 3 rings (SSSR count). The number of fused-ring (bicyclic) bond motifs is 1. The number of thiophene rings is 1. The number of nitrogens with zero attached hydrogens (tertiary/aromatic N) is 2. The molecule has 0 radical (unpaired) electrons. The van der Waals surface area contributed by atoms with Crippen molar-refractivity contribution in [3.05, 3.63) is 55.9 Å². The fourth-order valence-electron chi connectivity index (χ4n) is 3.00. The summed E-state index contributed by atoms with van der Waals surface area (Å²) >= 11 is 6.92. The van der Waals surface area contributed by atoms with Crippen molar-refractivity contribution in [2.24, 2.45) is 0 Å². The first-order valence-corrected chi connectivity index (χ1v) is 10.1. The molecule has 0 fully saturated rings. The molecule has 0 saturated carbocycles. The summed E-state index contributed by atoms with van der Waals surface area (Å²) in [7, 11) is 0. The van der Waals surface area contributed by atoms with E-state index in [1.54, 1.807) is 6.92 Å². The number of alkyl halides is 3. The number of nitrogens with one attached hydrogen (secondary N) is 1. The van der Waals surface area contributed by atoms with Gasteiger partial charge in [-0.05, 0) is 25.1 Å². The SMILES string of the molecule is CCc1nc2scc(C(=O)O)c2c(=O)n1C(C)C(=O)Nc1cc(C(F)(F)F)ccc1Cl. The van der Waals surface area contributed by atoms with Gasteiger partial charge in [0.25, 0.3) is 5.56 Å². The maximum absolute atomic E-state index is 13.1. The van der Waals surface area contributed by atoms with Crippen LogP contribution in [0.2, 0.25) is 5.02 Å². The van der Waals surface area contributed by atoms with E-state index in [2.05, 4.69) is 10.3 Å². The third-order valence-corrected chi connectivity index (χ3v) is 5.78. The first kappa shape index (κ1) is 22.8. The number of halogens is 4. The number of hydrogen-bond acceptors (Lipinski definition) is 5. The molecule has 0 aliphatic rings. The summed E-state index contributed by atoms with van der Waals surface area (Å²) in [6, 6.07) is 1.28. The average molecular weight is 474 g/mol. The number of carboxylic acid groups (broad SMARTS) is 1. The molecule has 1 atom stereocenters. The molecule has 0 bridgehead atoms. The summed E-state index contributed by atoms with van der Waals surface area (Å²) in [6.07, 6.45) is -4.38. The molecule has 0 aliphatic carbocycles. The molecule has 0 saturated heterocycles. The zero-order valence-electron chi connectivity index (χ0n) is 16.1. The lowest BCUT2D eigenvalue weighted by Gasteiger charge is -2.19. The second-order valence-electron chi connectivity index (χ2n) is 6.55. The zero-order chi connectivity index (χ0) is 23.1. The molecule has 12 heteroatoms. The summed E-state index contributed by atoms with van der Waals surface area (Å²) in [5, 5.41) is 12.7. The number of aryl methyl sites for hydroxylation is 1. The van der Waals surface area contributed by atoms with Gasteiger partial charge >= 0.3 is 12.1 Å². The van der Waals surface area contributed by atoms with E-state index in [1.807, 2.05) is 0 Å². The Morgan fingerprint density at radius 3 is 2.61 bits per heavy atom. The van der Waals surface area contributed by atoms with Crippen LogP contribution in [0, 0.1) is 0 Å². The molecule has 2 aromatic heterocycles. The standard InChI is InChI=1S/C19H15ClF3N3O4S/c1-3-13-25-16-14(10(7-31-16)18(29)30)17(28)26(13)8(2)15(27)24-12-6-9(19(21,22)23)4-5-11(12)20/h4-8H,3H2,1-2H3,(H,24,27)(H,29,30). The van der Waals surface area contributed by atoms with Crippen molar-refractivity contribution >= 4 is 50.7 Å². The largest absolute Gasteiger partial charge is 0.478 e. The van der Waals surface area contributed by atoms with Gasteiger partial charge in [0, 0.05) is 11.8 Å². The monoisotopic (exact) mass is 473 g/mol. The van der Waals surface area contributed by atoms with Crippen LogP contribution >= 0.6 is 22.9 Å². The first-order valence-electron chi connectivity index (χ1n) is 8.89. The van der Waals surface area contributed by atoms with E-state index in [9.17, 15) is 32.7 Å². The Morgan fingerprint density at radius 2 is 2.03 bits per heavy atom.